The first-order valence-electron chi connectivity index (χ1n) is 20.9. The van der Waals surface area contributed by atoms with Gasteiger partial charge in [0.1, 0.15) is 0 Å². The second kappa shape index (κ2) is 19.0. The zero-order chi connectivity index (χ0) is 39.7. The maximum absolute atomic E-state index is 6.12. The first kappa shape index (κ1) is 40.9. The van der Waals surface area contributed by atoms with Crippen molar-refractivity contribution in [3.05, 3.63) is 179 Å². The van der Waals surface area contributed by atoms with E-state index in [0.29, 0.717) is 13.2 Å². The summed E-state index contributed by atoms with van der Waals surface area (Å²) in [6.45, 7) is 10.2. The van der Waals surface area contributed by atoms with Gasteiger partial charge in [0.05, 0.1) is 0 Å². The molecule has 1 nitrogen and oxygen atoms in total. The van der Waals surface area contributed by atoms with Crippen LogP contribution in [0.15, 0.2) is 157 Å². The van der Waals surface area contributed by atoms with Crippen molar-refractivity contribution in [1.29, 1.82) is 0 Å². The molecule has 1 aliphatic heterocycles. The minimum atomic E-state index is -2.50. The van der Waals surface area contributed by atoms with Crippen molar-refractivity contribution >= 4 is 28.7 Å². The molecule has 1 heterocycles. The Morgan fingerprint density at radius 3 is 1.70 bits per heavy atom. The second-order valence-corrected chi connectivity index (χ2v) is 19.6. The Balaban J connectivity index is 1.56. The average molecular weight is 941 g/mol. The minimum absolute atomic E-state index is 0.112. The van der Waals surface area contributed by atoms with Crippen LogP contribution in [-0.2, 0) is 28.1 Å². The summed E-state index contributed by atoms with van der Waals surface area (Å²) in [6.07, 6.45) is 20.6. The van der Waals surface area contributed by atoms with Gasteiger partial charge in [-0.1, -0.05) is 13.8 Å². The fraction of sp³-hybridized carbons (Fsp3) is 0.278. The van der Waals surface area contributed by atoms with Crippen LogP contribution in [0.3, 0.4) is 0 Å². The molecule has 289 valence electrons. The van der Waals surface area contributed by atoms with Gasteiger partial charge in [-0.15, -0.1) is 0 Å². The van der Waals surface area contributed by atoms with Crippen LogP contribution >= 0.6 is 7.26 Å². The van der Waals surface area contributed by atoms with Gasteiger partial charge in [-0.05, 0) is 0 Å². The van der Waals surface area contributed by atoms with Gasteiger partial charge in [-0.25, -0.2) is 0 Å². The number of fused-ring (bicyclic) bond motifs is 3. The van der Waals surface area contributed by atoms with Crippen LogP contribution in [0.4, 0.5) is 0 Å². The Hall–Kier alpha value is -4.31. The summed E-state index contributed by atoms with van der Waals surface area (Å²) in [4.78, 5) is 0. The number of rotatable bonds is 16. The van der Waals surface area contributed by atoms with Crippen LogP contribution in [0.25, 0.3) is 16.7 Å². The Morgan fingerprint density at radius 1 is 0.702 bits per heavy atom. The topological polar surface area (TPSA) is 9.23 Å². The van der Waals surface area contributed by atoms with Crippen molar-refractivity contribution in [2.75, 3.05) is 13.2 Å². The predicted molar refractivity (Wildman–Crippen MR) is 242 cm³/mol. The van der Waals surface area contributed by atoms with E-state index in [2.05, 4.69) is 164 Å². The van der Waals surface area contributed by atoms with Crippen molar-refractivity contribution in [3.8, 4) is 27.8 Å². The quantitative estimate of drug-likeness (QED) is 0.0544. The molecule has 2 aliphatic rings. The van der Waals surface area contributed by atoms with Gasteiger partial charge in [-0.2, -0.15) is 0 Å². The molecule has 0 spiro atoms. The van der Waals surface area contributed by atoms with E-state index in [9.17, 15) is 0 Å². The van der Waals surface area contributed by atoms with E-state index in [-0.39, 0.29) is 5.41 Å². The normalized spacial score (nSPS) is 15.5. The molecule has 7 rings (SSSR count). The van der Waals surface area contributed by atoms with E-state index < -0.39 is 7.26 Å². The third kappa shape index (κ3) is 8.08. The number of terminal acetylenes is 1. The molecule has 1 aliphatic carbocycles. The Kier molecular flexibility index (Phi) is 13.6. The van der Waals surface area contributed by atoms with Crippen molar-refractivity contribution < 1.29 is 22.7 Å². The molecule has 57 heavy (non-hydrogen) atoms. The summed E-state index contributed by atoms with van der Waals surface area (Å²) in [5.41, 5.74) is 11.1. The first-order chi connectivity index (χ1) is 28.0. The van der Waals surface area contributed by atoms with Gasteiger partial charge in [0, 0.05) is 0 Å². The van der Waals surface area contributed by atoms with Crippen molar-refractivity contribution in [3.63, 3.8) is 0 Å². The van der Waals surface area contributed by atoms with Crippen LogP contribution in [0.1, 0.15) is 100 Å². The first-order valence-corrected chi connectivity index (χ1v) is 24.0. The molecule has 0 unspecified atom stereocenters. The molecule has 0 N–H and O–H groups in total. The van der Waals surface area contributed by atoms with Gasteiger partial charge >= 0.3 is 341 Å². The third-order valence-electron chi connectivity index (χ3n) is 12.2. The molecular formula is C54H55OOsP+. The molecule has 1 saturated heterocycles. The van der Waals surface area contributed by atoms with E-state index in [1.165, 1.54) is 106 Å². The monoisotopic (exact) mass is 942 g/mol. The van der Waals surface area contributed by atoms with Crippen LogP contribution in [0.5, 0.6) is 0 Å². The predicted octanol–water partition coefficient (Wildman–Crippen LogP) is 12.6. The Bertz CT molecular complexity index is 2230. The number of ether oxygens (including phenoxy) is 1. The number of hydrogen-bond acceptors (Lipinski definition) is 1. The summed E-state index contributed by atoms with van der Waals surface area (Å²) in [7, 11) is -2.50. The van der Waals surface area contributed by atoms with Crippen LogP contribution in [-0.4, -0.2) is 13.2 Å². The Labute approximate surface area is 352 Å². The Morgan fingerprint density at radius 2 is 1.23 bits per heavy atom. The molecule has 5 aromatic rings. The van der Waals surface area contributed by atoms with Crippen molar-refractivity contribution in [2.45, 2.75) is 83.5 Å². The summed E-state index contributed by atoms with van der Waals surface area (Å²) in [6, 6.07) is 47.7. The fourth-order valence-electron chi connectivity index (χ4n) is 9.29. The molecule has 0 radical (unpaired) electrons. The zero-order valence-corrected chi connectivity index (χ0v) is 37.1. The maximum atomic E-state index is 6.12. The fourth-order valence-corrected chi connectivity index (χ4v) is 15.1. The molecule has 5 aromatic carbocycles. The van der Waals surface area contributed by atoms with E-state index >= 15 is 0 Å². The second-order valence-electron chi connectivity index (χ2n) is 15.7. The van der Waals surface area contributed by atoms with Gasteiger partial charge in [0.2, 0.25) is 0 Å². The number of hydrogen-bond donors (Lipinski definition) is 0. The zero-order valence-electron chi connectivity index (χ0n) is 33.7. The molecule has 0 aromatic heterocycles. The number of unbranched alkanes of at least 4 members (excludes halogenated alkanes) is 6. The van der Waals surface area contributed by atoms with E-state index in [4.69, 9.17) is 11.2 Å². The van der Waals surface area contributed by atoms with Gasteiger partial charge < -0.3 is 0 Å². The molecule has 0 saturated carbocycles. The van der Waals surface area contributed by atoms with Gasteiger partial charge in [0.25, 0.3) is 0 Å². The average Bonchev–Trinajstić information content (AvgIpc) is 3.79. The molecule has 0 amide bonds. The standard InChI is InChI=1S/C54H55OP.Os/c1-6-9-11-22-34-54(35-23-12-10-7-2)52-36-43(8-3)30-32-49(52)50-33-31-44(38-53(50)54)51(37-45-40-55-39-41(45)4)42(5)56(46-24-16-13-17-25-46,47-26-18-14-19-27-47)48-28-20-15-21-29-48;/h3,13-21,24-33,36-38H,4,6-7,9-12,22-23,34-35,39-40H2,1-2H3;/q+1;. The van der Waals surface area contributed by atoms with Crippen LogP contribution < -0.4 is 15.9 Å². The van der Waals surface area contributed by atoms with Gasteiger partial charge in [-0.3, -0.25) is 0 Å². The summed E-state index contributed by atoms with van der Waals surface area (Å²) in [5.74, 6) is 2.99. The van der Waals surface area contributed by atoms with Crippen LogP contribution in [0, 0.1) is 16.7 Å². The molecular weight excluding hydrogens is 886 g/mol. The molecule has 0 bridgehead atoms. The van der Waals surface area contributed by atoms with Crippen molar-refractivity contribution in [1.82, 2.24) is 0 Å². The summed E-state index contributed by atoms with van der Waals surface area (Å²) >= 11 is 1.85. The van der Waals surface area contributed by atoms with E-state index in [1.807, 2.05) is 17.9 Å². The summed E-state index contributed by atoms with van der Waals surface area (Å²) < 4.78 is 10.0. The van der Waals surface area contributed by atoms with Gasteiger partial charge in [0.15, 0.2) is 0 Å². The summed E-state index contributed by atoms with van der Waals surface area (Å²) in [5, 5.41) is 5.17. The molecule has 0 atom stereocenters. The third-order valence-corrected chi connectivity index (χ3v) is 17.5. The van der Waals surface area contributed by atoms with E-state index in [0.717, 1.165) is 29.6 Å². The van der Waals surface area contributed by atoms with E-state index in [1.54, 1.807) is 0 Å². The number of benzene rings is 5. The SMILES string of the molecule is C#Cc1ccc2c(c1)C(CCCCCC)(CCCCCC)c1cc(C(C=C3COCC3=C)=C([C]#[Os])[P+](c3ccccc3)(c3ccccc3)c3ccccc3)ccc1-2. The van der Waals surface area contributed by atoms with Crippen molar-refractivity contribution in [2.24, 2.45) is 0 Å². The van der Waals surface area contributed by atoms with Crippen LogP contribution in [0.2, 0.25) is 0 Å². The molecule has 3 heteroatoms. The molecule has 1 fully saturated rings. The number of allylic oxidation sites excluding steroid dienone is 3.